The summed E-state index contributed by atoms with van der Waals surface area (Å²) >= 11 is 3.45. The molecule has 1 heterocycles. The second kappa shape index (κ2) is 4.87. The quantitative estimate of drug-likeness (QED) is 0.894. The summed E-state index contributed by atoms with van der Waals surface area (Å²) in [4.78, 5) is 11.0. The van der Waals surface area contributed by atoms with E-state index in [1.54, 1.807) is 0 Å². The molecule has 1 aromatic carbocycles. The SMILES string of the molecule is Cc1ccc(Br)cc1NCC1CCC(=O)N1. The number of aryl methyl sites for hydroxylation is 1. The van der Waals surface area contributed by atoms with Crippen molar-refractivity contribution in [1.29, 1.82) is 0 Å². The van der Waals surface area contributed by atoms with E-state index in [2.05, 4.69) is 45.6 Å². The highest BCUT2D eigenvalue weighted by molar-refractivity contribution is 9.10. The van der Waals surface area contributed by atoms with Gasteiger partial charge in [-0.05, 0) is 31.0 Å². The Hall–Kier alpha value is -1.03. The highest BCUT2D eigenvalue weighted by Crippen LogP contribution is 2.21. The number of hydrogen-bond acceptors (Lipinski definition) is 2. The first-order chi connectivity index (χ1) is 7.65. The average molecular weight is 283 g/mol. The minimum absolute atomic E-state index is 0.165. The summed E-state index contributed by atoms with van der Waals surface area (Å²) < 4.78 is 1.07. The molecule has 1 saturated heterocycles. The van der Waals surface area contributed by atoms with E-state index in [-0.39, 0.29) is 11.9 Å². The van der Waals surface area contributed by atoms with E-state index in [1.165, 1.54) is 5.56 Å². The molecule has 16 heavy (non-hydrogen) atoms. The van der Waals surface area contributed by atoms with Gasteiger partial charge in [0.25, 0.3) is 0 Å². The van der Waals surface area contributed by atoms with Crippen molar-refractivity contribution in [2.75, 3.05) is 11.9 Å². The fraction of sp³-hybridized carbons (Fsp3) is 0.417. The molecule has 1 aliphatic heterocycles. The van der Waals surface area contributed by atoms with Gasteiger partial charge < -0.3 is 10.6 Å². The molecule has 0 radical (unpaired) electrons. The third-order valence-corrected chi connectivity index (χ3v) is 3.32. The molecule has 86 valence electrons. The predicted molar refractivity (Wildman–Crippen MR) is 68.5 cm³/mol. The summed E-state index contributed by atoms with van der Waals surface area (Å²) in [6, 6.07) is 6.43. The lowest BCUT2D eigenvalue weighted by atomic mass is 10.2. The first-order valence-corrected chi connectivity index (χ1v) is 6.24. The number of anilines is 1. The molecule has 1 fully saturated rings. The van der Waals surface area contributed by atoms with Crippen LogP contribution in [0.1, 0.15) is 18.4 Å². The molecule has 2 N–H and O–H groups in total. The van der Waals surface area contributed by atoms with Crippen molar-refractivity contribution in [1.82, 2.24) is 5.32 Å². The summed E-state index contributed by atoms with van der Waals surface area (Å²) in [5, 5.41) is 6.32. The van der Waals surface area contributed by atoms with E-state index in [0.29, 0.717) is 6.42 Å². The molecule has 0 aromatic heterocycles. The molecular weight excluding hydrogens is 268 g/mol. The number of benzene rings is 1. The maximum atomic E-state index is 11.0. The molecule has 1 unspecified atom stereocenters. The van der Waals surface area contributed by atoms with E-state index in [1.807, 2.05) is 6.07 Å². The number of nitrogens with one attached hydrogen (secondary N) is 2. The van der Waals surface area contributed by atoms with Crippen molar-refractivity contribution in [3.05, 3.63) is 28.2 Å². The number of halogens is 1. The second-order valence-corrected chi connectivity index (χ2v) is 5.06. The van der Waals surface area contributed by atoms with Crippen LogP contribution in [0.2, 0.25) is 0 Å². The summed E-state index contributed by atoms with van der Waals surface area (Å²) in [5.41, 5.74) is 2.34. The summed E-state index contributed by atoms with van der Waals surface area (Å²) in [7, 11) is 0. The van der Waals surface area contributed by atoms with Crippen LogP contribution >= 0.6 is 15.9 Å². The smallest absolute Gasteiger partial charge is 0.220 e. The van der Waals surface area contributed by atoms with Crippen LogP contribution in [0.4, 0.5) is 5.69 Å². The molecule has 0 aliphatic carbocycles. The molecule has 1 atom stereocenters. The van der Waals surface area contributed by atoms with Crippen LogP contribution in [-0.4, -0.2) is 18.5 Å². The van der Waals surface area contributed by atoms with Gasteiger partial charge in [0.15, 0.2) is 0 Å². The van der Waals surface area contributed by atoms with Crippen LogP contribution in [-0.2, 0) is 4.79 Å². The Labute approximate surface area is 104 Å². The van der Waals surface area contributed by atoms with Crippen LogP contribution in [0, 0.1) is 6.92 Å². The number of carbonyl (C=O) groups excluding carboxylic acids is 1. The molecular formula is C12H15BrN2O. The average Bonchev–Trinajstić information content (AvgIpc) is 2.66. The number of hydrogen-bond donors (Lipinski definition) is 2. The van der Waals surface area contributed by atoms with Gasteiger partial charge in [-0.3, -0.25) is 4.79 Å². The zero-order valence-corrected chi connectivity index (χ0v) is 10.8. The first kappa shape index (κ1) is 11.5. The van der Waals surface area contributed by atoms with Gasteiger partial charge in [0, 0.05) is 29.2 Å². The van der Waals surface area contributed by atoms with Gasteiger partial charge in [-0.1, -0.05) is 22.0 Å². The minimum Gasteiger partial charge on any atom is -0.383 e. The zero-order chi connectivity index (χ0) is 11.5. The van der Waals surface area contributed by atoms with E-state index < -0.39 is 0 Å². The lowest BCUT2D eigenvalue weighted by molar-refractivity contribution is -0.119. The van der Waals surface area contributed by atoms with Gasteiger partial charge in [-0.25, -0.2) is 0 Å². The van der Waals surface area contributed by atoms with E-state index in [9.17, 15) is 4.79 Å². The fourth-order valence-corrected chi connectivity index (χ4v) is 2.21. The predicted octanol–water partition coefficient (Wildman–Crippen LogP) is 2.45. The monoisotopic (exact) mass is 282 g/mol. The number of amides is 1. The lowest BCUT2D eigenvalue weighted by Gasteiger charge is -2.14. The van der Waals surface area contributed by atoms with Gasteiger partial charge in [0.1, 0.15) is 0 Å². The third kappa shape index (κ3) is 2.76. The molecule has 0 bridgehead atoms. The Morgan fingerprint density at radius 1 is 1.56 bits per heavy atom. The van der Waals surface area contributed by atoms with Crippen molar-refractivity contribution in [2.24, 2.45) is 0 Å². The summed E-state index contributed by atoms with van der Waals surface area (Å²) in [6.07, 6.45) is 1.59. The van der Waals surface area contributed by atoms with E-state index in [0.717, 1.165) is 23.1 Å². The Bertz CT molecular complexity index is 406. The zero-order valence-electron chi connectivity index (χ0n) is 9.22. The van der Waals surface area contributed by atoms with Gasteiger partial charge in [-0.2, -0.15) is 0 Å². The Morgan fingerprint density at radius 3 is 3.06 bits per heavy atom. The second-order valence-electron chi connectivity index (χ2n) is 4.14. The maximum absolute atomic E-state index is 11.0. The van der Waals surface area contributed by atoms with Gasteiger partial charge in [0.05, 0.1) is 0 Å². The maximum Gasteiger partial charge on any atom is 0.220 e. The van der Waals surface area contributed by atoms with Crippen molar-refractivity contribution >= 4 is 27.5 Å². The summed E-state index contributed by atoms with van der Waals surface area (Å²) in [6.45, 7) is 2.87. The number of carbonyl (C=O) groups is 1. The van der Waals surface area contributed by atoms with Gasteiger partial charge in [-0.15, -0.1) is 0 Å². The lowest BCUT2D eigenvalue weighted by Crippen LogP contribution is -2.31. The molecule has 1 aliphatic rings. The minimum atomic E-state index is 0.165. The Balaban J connectivity index is 1.94. The molecule has 4 heteroatoms. The molecule has 3 nitrogen and oxygen atoms in total. The third-order valence-electron chi connectivity index (χ3n) is 2.82. The highest BCUT2D eigenvalue weighted by atomic mass is 79.9. The van der Waals surface area contributed by atoms with Crippen molar-refractivity contribution in [3.8, 4) is 0 Å². The van der Waals surface area contributed by atoms with Crippen molar-refractivity contribution < 1.29 is 4.79 Å². The van der Waals surface area contributed by atoms with Crippen LogP contribution < -0.4 is 10.6 Å². The molecule has 1 aromatic rings. The van der Waals surface area contributed by atoms with Crippen molar-refractivity contribution in [2.45, 2.75) is 25.8 Å². The van der Waals surface area contributed by atoms with Crippen LogP contribution in [0.25, 0.3) is 0 Å². The molecule has 0 spiro atoms. The number of rotatable bonds is 3. The largest absolute Gasteiger partial charge is 0.383 e. The van der Waals surface area contributed by atoms with Crippen molar-refractivity contribution in [3.63, 3.8) is 0 Å². The molecule has 1 amide bonds. The van der Waals surface area contributed by atoms with Crippen LogP contribution in [0.3, 0.4) is 0 Å². The van der Waals surface area contributed by atoms with Crippen LogP contribution in [0.15, 0.2) is 22.7 Å². The normalized spacial score (nSPS) is 19.6. The molecule has 0 saturated carbocycles. The van der Waals surface area contributed by atoms with E-state index in [4.69, 9.17) is 0 Å². The fourth-order valence-electron chi connectivity index (χ4n) is 1.85. The molecule has 2 rings (SSSR count). The summed E-state index contributed by atoms with van der Waals surface area (Å²) in [5.74, 6) is 0.165. The Morgan fingerprint density at radius 2 is 2.38 bits per heavy atom. The van der Waals surface area contributed by atoms with E-state index >= 15 is 0 Å². The van der Waals surface area contributed by atoms with Gasteiger partial charge in [0.2, 0.25) is 5.91 Å². The van der Waals surface area contributed by atoms with Crippen LogP contribution in [0.5, 0.6) is 0 Å². The van der Waals surface area contributed by atoms with Gasteiger partial charge >= 0.3 is 0 Å². The highest BCUT2D eigenvalue weighted by Gasteiger charge is 2.20. The topological polar surface area (TPSA) is 41.1 Å². The Kier molecular flexibility index (Phi) is 3.49. The standard InChI is InChI=1S/C12H15BrN2O/c1-8-2-3-9(13)6-11(8)14-7-10-4-5-12(16)15-10/h2-3,6,10,14H,4-5,7H2,1H3,(H,15,16). The first-order valence-electron chi connectivity index (χ1n) is 5.44.